The zero-order chi connectivity index (χ0) is 29.2. The van der Waals surface area contributed by atoms with Crippen LogP contribution in [0.4, 0.5) is 0 Å². The molecule has 39 heavy (non-hydrogen) atoms. The highest BCUT2D eigenvalue weighted by molar-refractivity contribution is 7.51. The molecule has 234 valence electrons. The van der Waals surface area contributed by atoms with E-state index in [4.69, 9.17) is 14.0 Å². The molecule has 0 saturated heterocycles. The second-order valence-electron chi connectivity index (χ2n) is 12.1. The van der Waals surface area contributed by atoms with Gasteiger partial charge in [0.25, 0.3) is 0 Å². The third-order valence-corrected chi connectivity index (χ3v) is 9.80. The third-order valence-electron chi connectivity index (χ3n) is 7.50. The van der Waals surface area contributed by atoms with Crippen LogP contribution in [0.15, 0.2) is 12.2 Å². The van der Waals surface area contributed by atoms with Gasteiger partial charge in [-0.2, -0.15) is 0 Å². The van der Waals surface area contributed by atoms with Gasteiger partial charge in [0.1, 0.15) is 6.10 Å². The minimum absolute atomic E-state index is 0.00370. The Bertz CT molecular complexity index is 608. The van der Waals surface area contributed by atoms with Crippen molar-refractivity contribution in [2.24, 2.45) is 0 Å². The lowest BCUT2D eigenvalue weighted by Crippen LogP contribution is -2.47. The van der Waals surface area contributed by atoms with Gasteiger partial charge in [0.15, 0.2) is 13.4 Å². The summed E-state index contributed by atoms with van der Waals surface area (Å²) in [5, 5.41) is 0. The Balaban J connectivity index is 3.56. The van der Waals surface area contributed by atoms with Gasteiger partial charge in [0, 0.05) is 20.1 Å². The van der Waals surface area contributed by atoms with Crippen molar-refractivity contribution in [3.8, 4) is 0 Å². The zero-order valence-corrected chi connectivity index (χ0v) is 27.7. The maximum absolute atomic E-state index is 12.6. The van der Waals surface area contributed by atoms with E-state index in [1.165, 1.54) is 109 Å². The number of ether oxygens (including phenoxy) is 2. The Morgan fingerprint density at radius 2 is 1.18 bits per heavy atom. The summed E-state index contributed by atoms with van der Waals surface area (Å²) in [6, 6.07) is 0. The van der Waals surface area contributed by atoms with Crippen LogP contribution in [0, 0.1) is 0 Å². The highest BCUT2D eigenvalue weighted by Gasteiger charge is 2.34. The average molecular weight is 576 g/mol. The highest BCUT2D eigenvalue weighted by atomic mass is 31.2. The van der Waals surface area contributed by atoms with Gasteiger partial charge in [-0.05, 0) is 32.1 Å². The van der Waals surface area contributed by atoms with Crippen molar-refractivity contribution in [1.29, 1.82) is 0 Å². The van der Waals surface area contributed by atoms with Crippen LogP contribution in [-0.4, -0.2) is 64.4 Å². The summed E-state index contributed by atoms with van der Waals surface area (Å²) in [4.78, 5) is 12.6. The van der Waals surface area contributed by atoms with E-state index in [1.807, 2.05) is 28.1 Å². The van der Waals surface area contributed by atoms with Crippen molar-refractivity contribution in [3.05, 3.63) is 12.2 Å². The first-order valence-corrected chi connectivity index (χ1v) is 17.8. The summed E-state index contributed by atoms with van der Waals surface area (Å²) in [5.74, 6) is -0.567. The molecule has 3 atom stereocenters. The number of hydrogen-bond acceptors (Lipinski definition) is 5. The predicted molar refractivity (Wildman–Crippen MR) is 165 cm³/mol. The largest absolute Gasteiger partial charge is 0.774 e. The number of unbranched alkanes of at least 4 members (excludes halogenated alkanes) is 16. The highest BCUT2D eigenvalue weighted by Crippen LogP contribution is 2.47. The van der Waals surface area contributed by atoms with Gasteiger partial charge < -0.3 is 27.9 Å². The van der Waals surface area contributed by atoms with Gasteiger partial charge in [-0.3, -0.25) is 0 Å². The first-order chi connectivity index (χ1) is 18.7. The smallest absolute Gasteiger partial charge is 0.193 e. The van der Waals surface area contributed by atoms with Gasteiger partial charge >= 0.3 is 0 Å². The Morgan fingerprint density at radius 3 is 1.62 bits per heavy atom. The quantitative estimate of drug-likeness (QED) is 0.0386. The summed E-state index contributed by atoms with van der Waals surface area (Å²) in [5.41, 5.74) is 0. The van der Waals surface area contributed by atoms with Gasteiger partial charge in [-0.1, -0.05) is 109 Å². The summed E-state index contributed by atoms with van der Waals surface area (Å²) in [7, 11) is 3.20. The zero-order valence-electron chi connectivity index (χ0n) is 26.8. The molecule has 0 saturated carbocycles. The molecule has 0 rings (SSSR count). The van der Waals surface area contributed by atoms with Gasteiger partial charge in [-0.25, -0.2) is 0 Å². The molecule has 0 aromatic heterocycles. The number of rotatable bonds is 29. The molecule has 6 nitrogen and oxygen atoms in total. The van der Waals surface area contributed by atoms with E-state index in [9.17, 15) is 9.46 Å². The van der Waals surface area contributed by atoms with Crippen LogP contribution < -0.4 is 4.89 Å². The van der Waals surface area contributed by atoms with Crippen molar-refractivity contribution >= 4 is 7.60 Å². The monoisotopic (exact) mass is 575 g/mol. The Labute approximate surface area is 243 Å². The SMILES string of the molecule is CCCCCCCC/C=C\CCCCCCCCCCCCOC[C@H](COP(=O)([O-])C(CC)[N+](C)(C)C)OC. The number of hydrogen-bond donors (Lipinski definition) is 0. The molecule has 7 heteroatoms. The first-order valence-electron chi connectivity index (χ1n) is 16.2. The molecule has 0 bridgehead atoms. The molecular weight excluding hydrogens is 509 g/mol. The molecule has 0 aliphatic rings. The van der Waals surface area contributed by atoms with Crippen LogP contribution >= 0.6 is 7.60 Å². The molecule has 0 aromatic rings. The molecule has 0 fully saturated rings. The van der Waals surface area contributed by atoms with E-state index in [0.29, 0.717) is 24.1 Å². The fourth-order valence-electron chi connectivity index (χ4n) is 5.03. The van der Waals surface area contributed by atoms with Crippen molar-refractivity contribution < 1.29 is 27.9 Å². The van der Waals surface area contributed by atoms with Gasteiger partial charge in [-0.15, -0.1) is 0 Å². The second-order valence-corrected chi connectivity index (χ2v) is 14.1. The lowest BCUT2D eigenvalue weighted by atomic mass is 10.1. The molecule has 0 radical (unpaired) electrons. The summed E-state index contributed by atoms with van der Waals surface area (Å²) < 4.78 is 29.4. The second kappa shape index (κ2) is 25.5. The van der Waals surface area contributed by atoms with E-state index >= 15 is 0 Å². The van der Waals surface area contributed by atoms with Crippen molar-refractivity contribution in [2.45, 2.75) is 148 Å². The van der Waals surface area contributed by atoms with E-state index < -0.39 is 13.4 Å². The van der Waals surface area contributed by atoms with E-state index in [1.54, 1.807) is 7.11 Å². The number of allylic oxidation sites excluding steroid dienone is 2. The Hall–Kier alpha value is -0.230. The Morgan fingerprint density at radius 1 is 0.718 bits per heavy atom. The first kappa shape index (κ1) is 38.8. The minimum atomic E-state index is -3.99. The molecule has 0 aromatic carbocycles. The molecule has 0 N–H and O–H groups in total. The fourth-order valence-corrected chi connectivity index (χ4v) is 6.87. The molecule has 0 aliphatic heterocycles. The van der Waals surface area contributed by atoms with Crippen LogP contribution in [-0.2, 0) is 18.6 Å². The fraction of sp³-hybridized carbons (Fsp3) is 0.938. The summed E-state index contributed by atoms with van der Waals surface area (Å²) in [6.45, 7) is 5.19. The molecule has 2 unspecified atom stereocenters. The maximum Gasteiger partial charge on any atom is 0.193 e. The Kier molecular flexibility index (Phi) is 25.3. The van der Waals surface area contributed by atoms with Gasteiger partial charge in [0.05, 0.1) is 34.4 Å². The van der Waals surface area contributed by atoms with E-state index in [0.717, 1.165) is 6.42 Å². The molecule has 0 spiro atoms. The molecular formula is C32H66NO5P. The number of methoxy groups -OCH3 is 1. The van der Waals surface area contributed by atoms with Crippen LogP contribution in [0.5, 0.6) is 0 Å². The lowest BCUT2D eigenvalue weighted by Gasteiger charge is -2.41. The predicted octanol–water partition coefficient (Wildman–Crippen LogP) is 8.63. The molecule has 0 heterocycles. The van der Waals surface area contributed by atoms with Crippen molar-refractivity contribution in [2.75, 3.05) is 48.1 Å². The molecule has 0 amide bonds. The van der Waals surface area contributed by atoms with Crippen LogP contribution in [0.2, 0.25) is 0 Å². The van der Waals surface area contributed by atoms with Crippen molar-refractivity contribution in [1.82, 2.24) is 0 Å². The third kappa shape index (κ3) is 23.1. The summed E-state index contributed by atoms with van der Waals surface area (Å²) in [6.07, 6.45) is 28.7. The van der Waals surface area contributed by atoms with Crippen LogP contribution in [0.3, 0.4) is 0 Å². The normalized spacial score (nSPS) is 15.6. The van der Waals surface area contributed by atoms with Gasteiger partial charge in [0.2, 0.25) is 0 Å². The number of nitrogens with zero attached hydrogens (tertiary/aromatic N) is 1. The average Bonchev–Trinajstić information content (AvgIpc) is 2.88. The van der Waals surface area contributed by atoms with Crippen molar-refractivity contribution in [3.63, 3.8) is 0 Å². The van der Waals surface area contributed by atoms with Crippen LogP contribution in [0.25, 0.3) is 0 Å². The topological polar surface area (TPSA) is 67.8 Å². The van der Waals surface area contributed by atoms with E-state index in [-0.39, 0.29) is 12.7 Å². The molecule has 0 aliphatic carbocycles. The maximum atomic E-state index is 12.6. The van der Waals surface area contributed by atoms with E-state index in [2.05, 4.69) is 19.1 Å². The lowest BCUT2D eigenvalue weighted by molar-refractivity contribution is -0.884. The van der Waals surface area contributed by atoms with Crippen LogP contribution in [0.1, 0.15) is 136 Å². The summed E-state index contributed by atoms with van der Waals surface area (Å²) >= 11 is 0. The standard InChI is InChI=1S/C32H66NO5P/c1-7-9-10-11-12-13-14-15-16-17-18-19-20-21-22-23-24-25-26-27-28-37-29-31(36-6)30-38-39(34,35)32(8-2)33(3,4)5/h15-16,31-32H,7-14,17-30H2,1-6H3/b16-15-/t31-,32?/m1/s1. The minimum Gasteiger partial charge on any atom is -0.774 e. The number of quaternary nitrogens is 1.